The van der Waals surface area contributed by atoms with Gasteiger partial charge in [-0.15, -0.1) is 11.3 Å². The second-order valence-electron chi connectivity index (χ2n) is 5.96. The predicted octanol–water partition coefficient (Wildman–Crippen LogP) is 4.62. The molecule has 0 N–H and O–H groups in total. The minimum Gasteiger partial charge on any atom is -0.490 e. The number of hydrogen-bond donors (Lipinski definition) is 0. The summed E-state index contributed by atoms with van der Waals surface area (Å²) in [6.45, 7) is 7.32. The van der Waals surface area contributed by atoms with Gasteiger partial charge < -0.3 is 9.47 Å². The number of ether oxygens (including phenoxy) is 2. The van der Waals surface area contributed by atoms with Gasteiger partial charge in [0.1, 0.15) is 4.21 Å². The molecule has 0 spiro atoms. The highest BCUT2D eigenvalue weighted by Crippen LogP contribution is 2.41. The van der Waals surface area contributed by atoms with Crippen molar-refractivity contribution in [3.8, 4) is 11.5 Å². The van der Waals surface area contributed by atoms with E-state index in [-0.39, 0.29) is 6.04 Å². The van der Waals surface area contributed by atoms with Crippen LogP contribution in [0.3, 0.4) is 0 Å². The summed E-state index contributed by atoms with van der Waals surface area (Å²) in [4.78, 5) is 0. The molecule has 1 aromatic carbocycles. The first-order valence-corrected chi connectivity index (χ1v) is 11.6. The standard InChI is InChI=1S/C18H22BrNO4S2/c1-4-23-15-10-13-8-9-20(12(3)14(13)11-16(15)24-5-2)26(21,22)18-7-6-17(19)25-18/h6-7,10-12H,4-5,8-9H2,1-3H3. The van der Waals surface area contributed by atoms with Crippen molar-refractivity contribution in [1.29, 1.82) is 0 Å². The Morgan fingerprint density at radius 1 is 1.19 bits per heavy atom. The highest BCUT2D eigenvalue weighted by Gasteiger charge is 2.35. The van der Waals surface area contributed by atoms with E-state index in [1.165, 1.54) is 11.3 Å². The number of thiophene rings is 1. The van der Waals surface area contributed by atoms with Crippen LogP contribution in [0.15, 0.2) is 32.3 Å². The smallest absolute Gasteiger partial charge is 0.253 e. The molecule has 0 radical (unpaired) electrons. The Hall–Kier alpha value is -1.09. The van der Waals surface area contributed by atoms with E-state index in [2.05, 4.69) is 15.9 Å². The molecule has 0 bridgehead atoms. The molecule has 0 saturated carbocycles. The molecule has 1 aliphatic heterocycles. The molecule has 0 aliphatic carbocycles. The molecule has 1 aliphatic rings. The van der Waals surface area contributed by atoms with Crippen molar-refractivity contribution < 1.29 is 17.9 Å². The van der Waals surface area contributed by atoms with Gasteiger partial charge in [0, 0.05) is 12.6 Å². The lowest BCUT2D eigenvalue weighted by Gasteiger charge is -2.34. The third-order valence-electron chi connectivity index (χ3n) is 4.40. The zero-order valence-corrected chi connectivity index (χ0v) is 18.2. The molecule has 0 saturated heterocycles. The van der Waals surface area contributed by atoms with Gasteiger partial charge in [0.2, 0.25) is 0 Å². The fraction of sp³-hybridized carbons (Fsp3) is 0.444. The minimum absolute atomic E-state index is 0.264. The molecular formula is C18H22BrNO4S2. The average Bonchev–Trinajstić information content (AvgIpc) is 3.04. The summed E-state index contributed by atoms with van der Waals surface area (Å²) in [6, 6.07) is 7.07. The van der Waals surface area contributed by atoms with Crippen LogP contribution in [-0.4, -0.2) is 32.5 Å². The third-order valence-corrected chi connectivity index (χ3v) is 8.46. The topological polar surface area (TPSA) is 55.8 Å². The number of rotatable bonds is 6. The van der Waals surface area contributed by atoms with Crippen LogP contribution in [0.5, 0.6) is 11.5 Å². The van der Waals surface area contributed by atoms with Crippen molar-refractivity contribution in [1.82, 2.24) is 4.31 Å². The van der Waals surface area contributed by atoms with Crippen LogP contribution in [0.25, 0.3) is 0 Å². The molecule has 1 atom stereocenters. The zero-order valence-electron chi connectivity index (χ0n) is 15.0. The van der Waals surface area contributed by atoms with E-state index in [0.717, 1.165) is 20.7 Å². The molecule has 3 rings (SSSR count). The monoisotopic (exact) mass is 459 g/mol. The quantitative estimate of drug-likeness (QED) is 0.632. The van der Waals surface area contributed by atoms with Crippen LogP contribution in [0.2, 0.25) is 0 Å². The van der Waals surface area contributed by atoms with Crippen molar-refractivity contribution in [3.05, 3.63) is 39.2 Å². The number of fused-ring (bicyclic) bond motifs is 1. The van der Waals surface area contributed by atoms with Crippen molar-refractivity contribution in [2.24, 2.45) is 0 Å². The first-order valence-electron chi connectivity index (χ1n) is 8.58. The van der Waals surface area contributed by atoms with E-state index in [0.29, 0.717) is 36.1 Å². The van der Waals surface area contributed by atoms with E-state index in [9.17, 15) is 8.42 Å². The third kappa shape index (κ3) is 3.65. The molecule has 5 nitrogen and oxygen atoms in total. The Balaban J connectivity index is 1.99. The zero-order chi connectivity index (χ0) is 18.9. The normalized spacial score (nSPS) is 17.8. The average molecular weight is 460 g/mol. The molecule has 2 aromatic rings. The first-order chi connectivity index (χ1) is 12.4. The summed E-state index contributed by atoms with van der Waals surface area (Å²) >= 11 is 4.58. The molecule has 0 amide bonds. The van der Waals surface area contributed by atoms with Gasteiger partial charge in [-0.2, -0.15) is 4.31 Å². The Kier molecular flexibility index (Phi) is 5.96. The Morgan fingerprint density at radius 3 is 2.42 bits per heavy atom. The number of hydrogen-bond acceptors (Lipinski definition) is 5. The first kappa shape index (κ1) is 19.7. The Bertz CT molecular complexity index is 895. The van der Waals surface area contributed by atoms with Crippen molar-refractivity contribution in [3.63, 3.8) is 0 Å². The van der Waals surface area contributed by atoms with Gasteiger partial charge in [-0.3, -0.25) is 0 Å². The number of nitrogens with zero attached hydrogens (tertiary/aromatic N) is 1. The van der Waals surface area contributed by atoms with Crippen molar-refractivity contribution in [2.45, 2.75) is 37.4 Å². The number of halogens is 1. The number of sulfonamides is 1. The minimum atomic E-state index is -3.53. The number of benzene rings is 1. The fourth-order valence-corrected chi connectivity index (χ4v) is 6.97. The van der Waals surface area contributed by atoms with Crippen molar-refractivity contribution in [2.75, 3.05) is 19.8 Å². The second kappa shape index (κ2) is 7.88. The van der Waals surface area contributed by atoms with Crippen LogP contribution in [0, 0.1) is 0 Å². The van der Waals surface area contributed by atoms with E-state index >= 15 is 0 Å². The largest absolute Gasteiger partial charge is 0.490 e. The second-order valence-corrected chi connectivity index (χ2v) is 10.5. The highest BCUT2D eigenvalue weighted by atomic mass is 79.9. The summed E-state index contributed by atoms with van der Waals surface area (Å²) in [5.41, 5.74) is 2.09. The Labute approximate surface area is 167 Å². The van der Waals surface area contributed by atoms with Crippen LogP contribution in [0.1, 0.15) is 37.9 Å². The van der Waals surface area contributed by atoms with E-state index in [1.54, 1.807) is 16.4 Å². The van der Waals surface area contributed by atoms with Crippen LogP contribution < -0.4 is 9.47 Å². The lowest BCUT2D eigenvalue weighted by atomic mass is 9.94. The predicted molar refractivity (Wildman–Crippen MR) is 107 cm³/mol. The maximum Gasteiger partial charge on any atom is 0.253 e. The van der Waals surface area contributed by atoms with E-state index in [1.807, 2.05) is 32.9 Å². The van der Waals surface area contributed by atoms with Crippen LogP contribution >= 0.6 is 27.3 Å². The van der Waals surface area contributed by atoms with Gasteiger partial charge >= 0.3 is 0 Å². The van der Waals surface area contributed by atoms with Crippen LogP contribution in [-0.2, 0) is 16.4 Å². The molecule has 2 heterocycles. The molecule has 1 unspecified atom stereocenters. The molecular weight excluding hydrogens is 438 g/mol. The van der Waals surface area contributed by atoms with Gasteiger partial charge in [0.25, 0.3) is 10.0 Å². The summed E-state index contributed by atoms with van der Waals surface area (Å²) in [7, 11) is -3.53. The lowest BCUT2D eigenvalue weighted by Crippen LogP contribution is -2.38. The summed E-state index contributed by atoms with van der Waals surface area (Å²) < 4.78 is 40.3. The van der Waals surface area contributed by atoms with Gasteiger partial charge in [0.15, 0.2) is 11.5 Å². The van der Waals surface area contributed by atoms with E-state index < -0.39 is 10.0 Å². The lowest BCUT2D eigenvalue weighted by molar-refractivity contribution is 0.282. The van der Waals surface area contributed by atoms with Gasteiger partial charge in [-0.05, 0) is 78.5 Å². The van der Waals surface area contributed by atoms with E-state index in [4.69, 9.17) is 9.47 Å². The fourth-order valence-electron chi connectivity index (χ4n) is 3.22. The maximum absolute atomic E-state index is 13.1. The maximum atomic E-state index is 13.1. The SMILES string of the molecule is CCOc1cc2c(cc1OCC)C(C)N(S(=O)(=O)c1ccc(Br)s1)CC2. The van der Waals surface area contributed by atoms with Crippen LogP contribution in [0.4, 0.5) is 0 Å². The van der Waals surface area contributed by atoms with Crippen molar-refractivity contribution >= 4 is 37.3 Å². The summed E-state index contributed by atoms with van der Waals surface area (Å²) in [5, 5.41) is 0. The summed E-state index contributed by atoms with van der Waals surface area (Å²) in [5.74, 6) is 1.39. The molecule has 0 fully saturated rings. The van der Waals surface area contributed by atoms with Gasteiger partial charge in [0.05, 0.1) is 17.0 Å². The molecule has 142 valence electrons. The van der Waals surface area contributed by atoms with Gasteiger partial charge in [-0.25, -0.2) is 8.42 Å². The summed E-state index contributed by atoms with van der Waals surface area (Å²) in [6.07, 6.45) is 0.651. The molecule has 1 aromatic heterocycles. The molecule has 8 heteroatoms. The van der Waals surface area contributed by atoms with Gasteiger partial charge in [-0.1, -0.05) is 0 Å². The molecule has 26 heavy (non-hydrogen) atoms. The Morgan fingerprint density at radius 2 is 1.85 bits per heavy atom. The highest BCUT2D eigenvalue weighted by molar-refractivity contribution is 9.11.